The third kappa shape index (κ3) is 3.82. The van der Waals surface area contributed by atoms with Crippen molar-refractivity contribution in [2.45, 2.75) is 44.1 Å². The van der Waals surface area contributed by atoms with Crippen LogP contribution in [-0.2, 0) is 14.3 Å². The maximum atomic E-state index is 12.9. The number of ether oxygens (including phenoxy) is 2. The van der Waals surface area contributed by atoms with Gasteiger partial charge in [0.05, 0.1) is 0 Å². The molecule has 0 spiro atoms. The lowest BCUT2D eigenvalue weighted by atomic mass is 9.88. The summed E-state index contributed by atoms with van der Waals surface area (Å²) in [5.74, 6) is 0.0316. The second-order valence-corrected chi connectivity index (χ2v) is 7.12. The molecule has 0 aromatic heterocycles. The van der Waals surface area contributed by atoms with Crippen LogP contribution in [0.1, 0.15) is 49.1 Å². The number of para-hydroxylation sites is 2. The highest BCUT2D eigenvalue weighted by molar-refractivity contribution is 5.87. The van der Waals surface area contributed by atoms with Gasteiger partial charge in [0.1, 0.15) is 17.4 Å². The summed E-state index contributed by atoms with van der Waals surface area (Å²) in [5.41, 5.74) is 1.52. The van der Waals surface area contributed by atoms with Crippen LogP contribution in [0.2, 0.25) is 0 Å². The maximum Gasteiger partial charge on any atom is 0.318 e. The number of benzene rings is 2. The first-order chi connectivity index (χ1) is 13.2. The molecule has 0 atom stereocenters. The van der Waals surface area contributed by atoms with Gasteiger partial charge in [-0.15, -0.1) is 0 Å². The molecule has 1 saturated carbocycles. The SMILES string of the molecule is O=C(COC(=O)C1c2ccccc2Oc2ccccc21)NC1CCCCC1. The van der Waals surface area contributed by atoms with Gasteiger partial charge in [0.25, 0.3) is 5.91 Å². The van der Waals surface area contributed by atoms with E-state index in [0.29, 0.717) is 11.5 Å². The van der Waals surface area contributed by atoms with E-state index in [4.69, 9.17) is 9.47 Å². The molecule has 27 heavy (non-hydrogen) atoms. The van der Waals surface area contributed by atoms with Gasteiger partial charge in [-0.25, -0.2) is 0 Å². The first kappa shape index (κ1) is 17.6. The summed E-state index contributed by atoms with van der Waals surface area (Å²) >= 11 is 0. The lowest BCUT2D eigenvalue weighted by Gasteiger charge is -2.27. The molecule has 0 saturated heterocycles. The van der Waals surface area contributed by atoms with E-state index < -0.39 is 11.9 Å². The van der Waals surface area contributed by atoms with E-state index in [1.807, 2.05) is 48.5 Å². The molecule has 2 aliphatic rings. The van der Waals surface area contributed by atoms with E-state index in [9.17, 15) is 9.59 Å². The molecule has 1 amide bonds. The van der Waals surface area contributed by atoms with E-state index in [1.54, 1.807) is 0 Å². The van der Waals surface area contributed by atoms with Crippen LogP contribution in [0.25, 0.3) is 0 Å². The molecule has 1 fully saturated rings. The van der Waals surface area contributed by atoms with Crippen LogP contribution in [0, 0.1) is 0 Å². The van der Waals surface area contributed by atoms with Crippen LogP contribution in [0.5, 0.6) is 11.5 Å². The van der Waals surface area contributed by atoms with Gasteiger partial charge >= 0.3 is 5.97 Å². The van der Waals surface area contributed by atoms with Crippen molar-refractivity contribution in [3.63, 3.8) is 0 Å². The molecule has 2 aromatic rings. The molecule has 1 aliphatic heterocycles. The molecule has 1 N–H and O–H groups in total. The smallest absolute Gasteiger partial charge is 0.318 e. The van der Waals surface area contributed by atoms with Crippen LogP contribution in [0.15, 0.2) is 48.5 Å². The summed E-state index contributed by atoms with van der Waals surface area (Å²) in [5, 5.41) is 2.97. The zero-order valence-corrected chi connectivity index (χ0v) is 15.1. The van der Waals surface area contributed by atoms with Gasteiger partial charge in [0.15, 0.2) is 6.61 Å². The van der Waals surface area contributed by atoms with Gasteiger partial charge in [0, 0.05) is 17.2 Å². The van der Waals surface area contributed by atoms with Crippen molar-refractivity contribution in [2.24, 2.45) is 0 Å². The molecule has 1 heterocycles. The van der Waals surface area contributed by atoms with E-state index in [-0.39, 0.29) is 18.6 Å². The summed E-state index contributed by atoms with van der Waals surface area (Å²) in [4.78, 5) is 25.0. The maximum absolute atomic E-state index is 12.9. The molecule has 0 unspecified atom stereocenters. The molecule has 5 nitrogen and oxygen atoms in total. The van der Waals surface area contributed by atoms with Gasteiger partial charge in [-0.2, -0.15) is 0 Å². The average molecular weight is 365 g/mol. The first-order valence-electron chi connectivity index (χ1n) is 9.54. The number of hydrogen-bond donors (Lipinski definition) is 1. The van der Waals surface area contributed by atoms with Crippen LogP contribution in [0.3, 0.4) is 0 Å². The third-order valence-corrected chi connectivity index (χ3v) is 5.23. The first-order valence-corrected chi connectivity index (χ1v) is 9.54. The van der Waals surface area contributed by atoms with Gasteiger partial charge in [0.2, 0.25) is 0 Å². The summed E-state index contributed by atoms with van der Waals surface area (Å²) < 4.78 is 11.3. The van der Waals surface area contributed by atoms with Crippen molar-refractivity contribution >= 4 is 11.9 Å². The lowest BCUT2D eigenvalue weighted by Crippen LogP contribution is -2.39. The Bertz CT molecular complexity index is 796. The van der Waals surface area contributed by atoms with E-state index >= 15 is 0 Å². The summed E-state index contributed by atoms with van der Waals surface area (Å²) in [6.07, 6.45) is 5.51. The zero-order chi connectivity index (χ0) is 18.6. The number of rotatable bonds is 4. The Hall–Kier alpha value is -2.82. The van der Waals surface area contributed by atoms with E-state index in [2.05, 4.69) is 5.32 Å². The molecule has 0 radical (unpaired) electrons. The fourth-order valence-corrected chi connectivity index (χ4v) is 3.90. The normalized spacial score (nSPS) is 16.6. The Morgan fingerprint density at radius 3 is 2.15 bits per heavy atom. The van der Waals surface area contributed by atoms with E-state index in [0.717, 1.165) is 36.8 Å². The van der Waals surface area contributed by atoms with E-state index in [1.165, 1.54) is 6.42 Å². The Morgan fingerprint density at radius 1 is 0.926 bits per heavy atom. The molecular weight excluding hydrogens is 342 g/mol. The van der Waals surface area contributed by atoms with Crippen LogP contribution in [-0.4, -0.2) is 24.5 Å². The number of amides is 1. The van der Waals surface area contributed by atoms with Crippen molar-refractivity contribution in [3.8, 4) is 11.5 Å². The Kier molecular flexibility index (Phi) is 5.10. The average Bonchev–Trinajstić information content (AvgIpc) is 2.71. The highest BCUT2D eigenvalue weighted by Crippen LogP contribution is 2.44. The van der Waals surface area contributed by atoms with Crippen molar-refractivity contribution in [2.75, 3.05) is 6.61 Å². The van der Waals surface area contributed by atoms with Gasteiger partial charge in [-0.1, -0.05) is 55.7 Å². The molecule has 0 bridgehead atoms. The predicted molar refractivity (Wildman–Crippen MR) is 101 cm³/mol. The van der Waals surface area contributed by atoms with Gasteiger partial charge in [-0.05, 0) is 25.0 Å². The van der Waals surface area contributed by atoms with Crippen LogP contribution in [0.4, 0.5) is 0 Å². The van der Waals surface area contributed by atoms with Crippen molar-refractivity contribution in [3.05, 3.63) is 59.7 Å². The summed E-state index contributed by atoms with van der Waals surface area (Å²) in [6, 6.07) is 15.1. The zero-order valence-electron chi connectivity index (χ0n) is 15.1. The Labute approximate surface area is 158 Å². The standard InChI is InChI=1S/C22H23NO4/c24-20(23-15-8-2-1-3-9-15)14-26-22(25)21-16-10-4-6-12-18(16)27-19-13-7-5-11-17(19)21/h4-7,10-13,15,21H,1-3,8-9,14H2,(H,23,24). The second kappa shape index (κ2) is 7.82. The van der Waals surface area contributed by atoms with Crippen LogP contribution < -0.4 is 10.1 Å². The number of esters is 1. The van der Waals surface area contributed by atoms with Crippen molar-refractivity contribution in [1.29, 1.82) is 0 Å². The number of fused-ring (bicyclic) bond motifs is 2. The lowest BCUT2D eigenvalue weighted by molar-refractivity contribution is -0.149. The molecule has 4 rings (SSSR count). The number of nitrogens with one attached hydrogen (secondary N) is 1. The van der Waals surface area contributed by atoms with Gasteiger partial charge < -0.3 is 14.8 Å². The quantitative estimate of drug-likeness (QED) is 0.834. The van der Waals surface area contributed by atoms with Crippen molar-refractivity contribution in [1.82, 2.24) is 5.32 Å². The Morgan fingerprint density at radius 2 is 1.52 bits per heavy atom. The summed E-state index contributed by atoms with van der Waals surface area (Å²) in [6.45, 7) is -0.253. The highest BCUT2D eigenvalue weighted by atomic mass is 16.5. The second-order valence-electron chi connectivity index (χ2n) is 7.12. The van der Waals surface area contributed by atoms with Crippen molar-refractivity contribution < 1.29 is 19.1 Å². The number of carbonyl (C=O) groups excluding carboxylic acids is 2. The fourth-order valence-electron chi connectivity index (χ4n) is 3.90. The molecule has 5 heteroatoms. The minimum absolute atomic E-state index is 0.203. The number of carbonyl (C=O) groups is 2. The minimum atomic E-state index is -0.589. The largest absolute Gasteiger partial charge is 0.457 e. The predicted octanol–water partition coefficient (Wildman–Crippen LogP) is 3.92. The summed E-state index contributed by atoms with van der Waals surface area (Å²) in [7, 11) is 0. The molecular formula is C22H23NO4. The van der Waals surface area contributed by atoms with Crippen LogP contribution >= 0.6 is 0 Å². The molecule has 140 valence electrons. The topological polar surface area (TPSA) is 64.6 Å². The third-order valence-electron chi connectivity index (χ3n) is 5.23. The molecule has 2 aromatic carbocycles. The minimum Gasteiger partial charge on any atom is -0.457 e. The molecule has 1 aliphatic carbocycles. The fraction of sp³-hybridized carbons (Fsp3) is 0.364. The monoisotopic (exact) mass is 365 g/mol. The number of hydrogen-bond acceptors (Lipinski definition) is 4. The highest BCUT2D eigenvalue weighted by Gasteiger charge is 2.34. The Balaban J connectivity index is 1.46. The van der Waals surface area contributed by atoms with Gasteiger partial charge in [-0.3, -0.25) is 9.59 Å².